The SMILES string of the molecule is O=C(c1ccc(F)c(F)c1)N1CCN(Cc2cccc3ccccc23)CC1. The number of carbonyl (C=O) groups is 1. The van der Waals surface area contributed by atoms with Gasteiger partial charge in [-0.15, -0.1) is 0 Å². The highest BCUT2D eigenvalue weighted by Crippen LogP contribution is 2.21. The molecule has 0 radical (unpaired) electrons. The van der Waals surface area contributed by atoms with E-state index in [1.165, 1.54) is 22.4 Å². The molecule has 0 N–H and O–H groups in total. The largest absolute Gasteiger partial charge is 0.336 e. The first kappa shape index (κ1) is 17.6. The van der Waals surface area contributed by atoms with E-state index in [1.54, 1.807) is 4.90 Å². The molecule has 138 valence electrons. The zero-order valence-corrected chi connectivity index (χ0v) is 14.9. The summed E-state index contributed by atoms with van der Waals surface area (Å²) in [7, 11) is 0. The molecule has 0 unspecified atom stereocenters. The fraction of sp³-hybridized carbons (Fsp3) is 0.227. The molecule has 0 bridgehead atoms. The highest BCUT2D eigenvalue weighted by molar-refractivity contribution is 5.94. The van der Waals surface area contributed by atoms with Crippen LogP contribution in [-0.4, -0.2) is 41.9 Å². The zero-order chi connectivity index (χ0) is 18.8. The Kier molecular flexibility index (Phi) is 4.86. The van der Waals surface area contributed by atoms with Gasteiger partial charge in [0.1, 0.15) is 0 Å². The molecule has 0 aliphatic carbocycles. The normalized spacial score (nSPS) is 15.3. The van der Waals surface area contributed by atoms with Crippen LogP contribution in [0.5, 0.6) is 0 Å². The van der Waals surface area contributed by atoms with Crippen molar-refractivity contribution >= 4 is 16.7 Å². The highest BCUT2D eigenvalue weighted by atomic mass is 19.2. The number of amides is 1. The van der Waals surface area contributed by atoms with Crippen LogP contribution in [0.3, 0.4) is 0 Å². The second kappa shape index (κ2) is 7.45. The first-order valence-corrected chi connectivity index (χ1v) is 9.05. The van der Waals surface area contributed by atoms with Gasteiger partial charge in [0.15, 0.2) is 11.6 Å². The summed E-state index contributed by atoms with van der Waals surface area (Å²) in [4.78, 5) is 16.5. The number of fused-ring (bicyclic) bond motifs is 1. The van der Waals surface area contributed by atoms with Crippen molar-refractivity contribution in [3.63, 3.8) is 0 Å². The van der Waals surface area contributed by atoms with E-state index < -0.39 is 11.6 Å². The molecule has 0 spiro atoms. The molecule has 3 aromatic carbocycles. The van der Waals surface area contributed by atoms with Crippen LogP contribution in [0.2, 0.25) is 0 Å². The van der Waals surface area contributed by atoms with E-state index in [0.717, 1.165) is 31.8 Å². The van der Waals surface area contributed by atoms with Crippen molar-refractivity contribution in [1.82, 2.24) is 9.80 Å². The van der Waals surface area contributed by atoms with E-state index >= 15 is 0 Å². The second-order valence-electron chi connectivity index (χ2n) is 6.84. The highest BCUT2D eigenvalue weighted by Gasteiger charge is 2.23. The second-order valence-corrected chi connectivity index (χ2v) is 6.84. The van der Waals surface area contributed by atoms with Gasteiger partial charge in [0.05, 0.1) is 0 Å². The maximum absolute atomic E-state index is 13.4. The van der Waals surface area contributed by atoms with Gasteiger partial charge < -0.3 is 4.90 Å². The number of halogens is 2. The first-order chi connectivity index (χ1) is 13.1. The fourth-order valence-corrected chi connectivity index (χ4v) is 3.59. The first-order valence-electron chi connectivity index (χ1n) is 9.05. The number of piperazine rings is 1. The quantitative estimate of drug-likeness (QED) is 0.697. The molecular formula is C22H20F2N2O. The third kappa shape index (κ3) is 3.69. The lowest BCUT2D eigenvalue weighted by Crippen LogP contribution is -2.48. The van der Waals surface area contributed by atoms with Gasteiger partial charge in [-0.2, -0.15) is 0 Å². The Balaban J connectivity index is 1.41. The van der Waals surface area contributed by atoms with Crippen molar-refractivity contribution in [3.05, 3.63) is 83.4 Å². The predicted octanol–water partition coefficient (Wildman–Crippen LogP) is 4.08. The van der Waals surface area contributed by atoms with Crippen LogP contribution < -0.4 is 0 Å². The molecule has 1 amide bonds. The minimum atomic E-state index is -0.990. The Morgan fingerprint density at radius 2 is 1.59 bits per heavy atom. The fourth-order valence-electron chi connectivity index (χ4n) is 3.59. The number of hydrogen-bond acceptors (Lipinski definition) is 2. The summed E-state index contributed by atoms with van der Waals surface area (Å²) < 4.78 is 26.5. The molecule has 0 saturated carbocycles. The Labute approximate surface area is 156 Å². The van der Waals surface area contributed by atoms with Crippen molar-refractivity contribution in [1.29, 1.82) is 0 Å². The van der Waals surface area contributed by atoms with Crippen LogP contribution in [0.15, 0.2) is 60.7 Å². The molecule has 3 nitrogen and oxygen atoms in total. The lowest BCUT2D eigenvalue weighted by atomic mass is 10.0. The van der Waals surface area contributed by atoms with Gasteiger partial charge in [-0.25, -0.2) is 8.78 Å². The number of carbonyl (C=O) groups excluding carboxylic acids is 1. The number of benzene rings is 3. The van der Waals surface area contributed by atoms with Crippen molar-refractivity contribution in [3.8, 4) is 0 Å². The lowest BCUT2D eigenvalue weighted by molar-refractivity contribution is 0.0628. The van der Waals surface area contributed by atoms with Gasteiger partial charge in [-0.05, 0) is 34.5 Å². The van der Waals surface area contributed by atoms with Crippen LogP contribution in [0.4, 0.5) is 8.78 Å². The smallest absolute Gasteiger partial charge is 0.254 e. The van der Waals surface area contributed by atoms with Crippen LogP contribution in [-0.2, 0) is 6.54 Å². The van der Waals surface area contributed by atoms with Crippen molar-refractivity contribution < 1.29 is 13.6 Å². The Morgan fingerprint density at radius 3 is 2.37 bits per heavy atom. The van der Waals surface area contributed by atoms with E-state index in [1.807, 2.05) is 12.1 Å². The maximum atomic E-state index is 13.4. The van der Waals surface area contributed by atoms with Crippen LogP contribution in [0.25, 0.3) is 10.8 Å². The topological polar surface area (TPSA) is 23.6 Å². The molecule has 1 aliphatic heterocycles. The van der Waals surface area contributed by atoms with Gasteiger partial charge in [-0.1, -0.05) is 42.5 Å². The number of rotatable bonds is 3. The number of nitrogens with zero attached hydrogens (tertiary/aromatic N) is 2. The Morgan fingerprint density at radius 1 is 0.852 bits per heavy atom. The summed E-state index contributed by atoms with van der Waals surface area (Å²) in [5.41, 5.74) is 1.46. The predicted molar refractivity (Wildman–Crippen MR) is 101 cm³/mol. The summed E-state index contributed by atoms with van der Waals surface area (Å²) in [6, 6.07) is 17.9. The van der Waals surface area contributed by atoms with E-state index in [9.17, 15) is 13.6 Å². The van der Waals surface area contributed by atoms with Crippen LogP contribution in [0, 0.1) is 11.6 Å². The van der Waals surface area contributed by atoms with Gasteiger partial charge in [0, 0.05) is 38.3 Å². The van der Waals surface area contributed by atoms with Gasteiger partial charge in [0.25, 0.3) is 5.91 Å². The molecule has 1 heterocycles. The molecule has 27 heavy (non-hydrogen) atoms. The minimum absolute atomic E-state index is 0.191. The standard InChI is InChI=1S/C22H20F2N2O/c23-20-9-8-17(14-21(20)24)22(27)26-12-10-25(11-13-26)15-18-6-3-5-16-4-1-2-7-19(16)18/h1-9,14H,10-13,15H2. The molecule has 1 saturated heterocycles. The Hall–Kier alpha value is -2.79. The molecular weight excluding hydrogens is 346 g/mol. The van der Waals surface area contributed by atoms with Crippen molar-refractivity contribution in [2.75, 3.05) is 26.2 Å². The van der Waals surface area contributed by atoms with Crippen LogP contribution >= 0.6 is 0 Å². The van der Waals surface area contributed by atoms with E-state index in [4.69, 9.17) is 0 Å². The average molecular weight is 366 g/mol. The summed E-state index contributed by atoms with van der Waals surface area (Å²) in [5.74, 6) is -2.18. The third-order valence-electron chi connectivity index (χ3n) is 5.10. The summed E-state index contributed by atoms with van der Waals surface area (Å²) in [6.07, 6.45) is 0. The lowest BCUT2D eigenvalue weighted by Gasteiger charge is -2.35. The summed E-state index contributed by atoms with van der Waals surface area (Å²) in [6.45, 7) is 3.47. The molecule has 0 aromatic heterocycles. The van der Waals surface area contributed by atoms with Gasteiger partial charge >= 0.3 is 0 Å². The van der Waals surface area contributed by atoms with E-state index in [-0.39, 0.29) is 11.5 Å². The molecule has 3 aromatic rings. The van der Waals surface area contributed by atoms with Crippen molar-refractivity contribution in [2.24, 2.45) is 0 Å². The van der Waals surface area contributed by atoms with E-state index in [2.05, 4.69) is 35.2 Å². The average Bonchev–Trinajstić information content (AvgIpc) is 2.70. The third-order valence-corrected chi connectivity index (χ3v) is 5.10. The number of hydrogen-bond donors (Lipinski definition) is 0. The monoisotopic (exact) mass is 366 g/mol. The minimum Gasteiger partial charge on any atom is -0.336 e. The zero-order valence-electron chi connectivity index (χ0n) is 14.9. The molecule has 5 heteroatoms. The van der Waals surface area contributed by atoms with Crippen molar-refractivity contribution in [2.45, 2.75) is 6.54 Å². The van der Waals surface area contributed by atoms with Gasteiger partial charge in [0.2, 0.25) is 0 Å². The van der Waals surface area contributed by atoms with E-state index in [0.29, 0.717) is 13.1 Å². The molecule has 1 aliphatic rings. The Bertz CT molecular complexity index is 976. The maximum Gasteiger partial charge on any atom is 0.254 e. The van der Waals surface area contributed by atoms with Gasteiger partial charge in [-0.3, -0.25) is 9.69 Å². The molecule has 1 fully saturated rings. The van der Waals surface area contributed by atoms with Crippen LogP contribution in [0.1, 0.15) is 15.9 Å². The summed E-state index contributed by atoms with van der Waals surface area (Å²) in [5, 5.41) is 2.47. The molecule has 4 rings (SSSR count). The summed E-state index contributed by atoms with van der Waals surface area (Å²) >= 11 is 0. The molecule has 0 atom stereocenters.